The SMILES string of the molecule is CC(C)(C)C(=O)Nc1cccc2cccnc12.[HH]. The summed E-state index contributed by atoms with van der Waals surface area (Å²) < 4.78 is 0. The highest BCUT2D eigenvalue weighted by Crippen LogP contribution is 2.23. The van der Waals surface area contributed by atoms with E-state index < -0.39 is 5.41 Å². The van der Waals surface area contributed by atoms with Crippen molar-refractivity contribution >= 4 is 22.5 Å². The minimum atomic E-state index is -0.406. The molecule has 2 aromatic rings. The van der Waals surface area contributed by atoms with Crippen LogP contribution in [0.3, 0.4) is 0 Å². The Morgan fingerprint density at radius 2 is 1.94 bits per heavy atom. The molecule has 0 radical (unpaired) electrons. The minimum Gasteiger partial charge on any atom is -0.324 e. The van der Waals surface area contributed by atoms with Crippen molar-refractivity contribution < 1.29 is 6.22 Å². The average Bonchev–Trinajstić information content (AvgIpc) is 2.28. The molecule has 0 atom stereocenters. The Kier molecular flexibility index (Phi) is 2.84. The summed E-state index contributed by atoms with van der Waals surface area (Å²) in [7, 11) is 0. The van der Waals surface area contributed by atoms with E-state index in [0.717, 1.165) is 16.6 Å². The van der Waals surface area contributed by atoms with Gasteiger partial charge >= 0.3 is 0 Å². The lowest BCUT2D eigenvalue weighted by Crippen LogP contribution is -2.27. The molecule has 2 rings (SSSR count). The van der Waals surface area contributed by atoms with E-state index in [1.807, 2.05) is 51.1 Å². The first-order chi connectivity index (χ1) is 7.98. The maximum absolute atomic E-state index is 11.9. The number of aromatic nitrogens is 1. The molecule has 3 nitrogen and oxygen atoms in total. The Bertz CT molecular complexity index is 556. The number of pyridine rings is 1. The summed E-state index contributed by atoms with van der Waals surface area (Å²) in [5.41, 5.74) is 1.19. The van der Waals surface area contributed by atoms with Crippen LogP contribution in [0.25, 0.3) is 10.9 Å². The molecule has 0 fully saturated rings. The molecule has 1 aromatic heterocycles. The number of anilines is 1. The molecule has 0 aliphatic heterocycles. The van der Waals surface area contributed by atoms with E-state index in [0.29, 0.717) is 0 Å². The van der Waals surface area contributed by atoms with Gasteiger partial charge in [-0.15, -0.1) is 0 Å². The zero-order valence-electron chi connectivity index (χ0n) is 10.3. The number of nitrogens with one attached hydrogen (secondary N) is 1. The van der Waals surface area contributed by atoms with E-state index in [9.17, 15) is 4.79 Å². The highest BCUT2D eigenvalue weighted by Gasteiger charge is 2.21. The summed E-state index contributed by atoms with van der Waals surface area (Å²) in [6, 6.07) is 9.64. The van der Waals surface area contributed by atoms with Crippen LogP contribution >= 0.6 is 0 Å². The van der Waals surface area contributed by atoms with Crippen molar-refractivity contribution in [2.24, 2.45) is 5.41 Å². The van der Waals surface area contributed by atoms with Gasteiger partial charge in [0.05, 0.1) is 11.2 Å². The molecule has 1 heterocycles. The molecule has 0 unspecified atom stereocenters. The van der Waals surface area contributed by atoms with Crippen LogP contribution in [0.1, 0.15) is 22.2 Å². The van der Waals surface area contributed by atoms with Crippen molar-refractivity contribution in [2.45, 2.75) is 20.8 Å². The van der Waals surface area contributed by atoms with Crippen LogP contribution in [-0.4, -0.2) is 10.9 Å². The number of hydrogen-bond acceptors (Lipinski definition) is 2. The van der Waals surface area contributed by atoms with Gasteiger partial charge in [-0.1, -0.05) is 39.0 Å². The molecular weight excluding hydrogens is 212 g/mol. The molecule has 1 aromatic carbocycles. The number of carbonyl (C=O) groups is 1. The lowest BCUT2D eigenvalue weighted by molar-refractivity contribution is -0.123. The van der Waals surface area contributed by atoms with Gasteiger partial charge in [0.25, 0.3) is 0 Å². The van der Waals surface area contributed by atoms with Gasteiger partial charge in [-0.25, -0.2) is 0 Å². The fourth-order valence-electron chi connectivity index (χ4n) is 1.51. The van der Waals surface area contributed by atoms with Crippen molar-refractivity contribution in [3.05, 3.63) is 36.5 Å². The van der Waals surface area contributed by atoms with E-state index in [1.165, 1.54) is 0 Å². The predicted molar refractivity (Wildman–Crippen MR) is 71.9 cm³/mol. The fraction of sp³-hybridized carbons (Fsp3) is 0.286. The third-order valence-electron chi connectivity index (χ3n) is 2.56. The number of carbonyl (C=O) groups excluding carboxylic acids is 1. The van der Waals surface area contributed by atoms with E-state index >= 15 is 0 Å². The first-order valence-corrected chi connectivity index (χ1v) is 5.64. The van der Waals surface area contributed by atoms with Crippen LogP contribution in [0.4, 0.5) is 5.69 Å². The summed E-state index contributed by atoms with van der Waals surface area (Å²) in [4.78, 5) is 16.2. The van der Waals surface area contributed by atoms with Crippen molar-refractivity contribution in [1.82, 2.24) is 4.98 Å². The molecule has 0 spiro atoms. The summed E-state index contributed by atoms with van der Waals surface area (Å²) in [5.74, 6) is -0.00402. The number of benzene rings is 1. The number of fused-ring (bicyclic) bond motifs is 1. The first-order valence-electron chi connectivity index (χ1n) is 5.64. The third-order valence-corrected chi connectivity index (χ3v) is 2.56. The molecule has 90 valence electrons. The Hall–Kier alpha value is -1.90. The average molecular weight is 230 g/mol. The van der Waals surface area contributed by atoms with Crippen LogP contribution in [0.2, 0.25) is 0 Å². The molecule has 17 heavy (non-hydrogen) atoms. The quantitative estimate of drug-likeness (QED) is 0.815. The fourth-order valence-corrected chi connectivity index (χ4v) is 1.51. The van der Waals surface area contributed by atoms with Crippen LogP contribution in [0, 0.1) is 5.41 Å². The lowest BCUT2D eigenvalue weighted by Gasteiger charge is -2.18. The second-order valence-electron chi connectivity index (χ2n) is 5.08. The lowest BCUT2D eigenvalue weighted by atomic mass is 9.95. The molecule has 0 aliphatic rings. The number of hydrogen-bond donors (Lipinski definition) is 1. The zero-order chi connectivity index (χ0) is 12.5. The maximum Gasteiger partial charge on any atom is 0.229 e. The molecule has 0 saturated heterocycles. The second kappa shape index (κ2) is 4.17. The van der Waals surface area contributed by atoms with Crippen LogP contribution in [0.15, 0.2) is 36.5 Å². The van der Waals surface area contributed by atoms with Gasteiger partial charge in [-0.05, 0) is 12.1 Å². The molecule has 0 aliphatic carbocycles. The van der Waals surface area contributed by atoms with Gasteiger partial charge in [0.2, 0.25) is 5.91 Å². The molecule has 1 N–H and O–H groups in total. The number of para-hydroxylation sites is 1. The molecule has 3 heteroatoms. The monoisotopic (exact) mass is 230 g/mol. The summed E-state index contributed by atoms with van der Waals surface area (Å²) in [6.07, 6.45) is 1.73. The van der Waals surface area contributed by atoms with Crippen LogP contribution < -0.4 is 5.32 Å². The summed E-state index contributed by atoms with van der Waals surface area (Å²) in [5, 5.41) is 3.95. The predicted octanol–water partition coefficient (Wildman–Crippen LogP) is 3.47. The number of rotatable bonds is 1. The van der Waals surface area contributed by atoms with E-state index in [-0.39, 0.29) is 7.33 Å². The zero-order valence-corrected chi connectivity index (χ0v) is 10.3. The summed E-state index contributed by atoms with van der Waals surface area (Å²) >= 11 is 0. The Morgan fingerprint density at radius 3 is 2.65 bits per heavy atom. The standard InChI is InChI=1S/C14H16N2O.H2/c1-14(2,3)13(17)16-11-8-4-6-10-7-5-9-15-12(10)11;/h4-9H,1-3H3,(H,16,17);1H. The Labute approximate surface area is 102 Å². The minimum absolute atomic E-state index is 0. The van der Waals surface area contributed by atoms with Gasteiger partial charge in [0.1, 0.15) is 0 Å². The van der Waals surface area contributed by atoms with Gasteiger partial charge in [-0.3, -0.25) is 9.78 Å². The third kappa shape index (κ3) is 2.44. The first kappa shape index (κ1) is 11.6. The highest BCUT2D eigenvalue weighted by molar-refractivity contribution is 6.01. The van der Waals surface area contributed by atoms with Gasteiger partial charge in [0, 0.05) is 18.4 Å². The van der Waals surface area contributed by atoms with Gasteiger partial charge in [0.15, 0.2) is 0 Å². The van der Waals surface area contributed by atoms with Crippen molar-refractivity contribution in [1.29, 1.82) is 0 Å². The topological polar surface area (TPSA) is 42.0 Å². The normalized spacial score (nSPS) is 11.5. The van der Waals surface area contributed by atoms with E-state index in [4.69, 9.17) is 0 Å². The van der Waals surface area contributed by atoms with Crippen LogP contribution in [0.5, 0.6) is 0 Å². The van der Waals surface area contributed by atoms with Gasteiger partial charge < -0.3 is 5.32 Å². The molecule has 1 amide bonds. The van der Waals surface area contributed by atoms with Gasteiger partial charge in [-0.2, -0.15) is 0 Å². The molecular formula is C14H18N2O. The second-order valence-corrected chi connectivity index (χ2v) is 5.08. The maximum atomic E-state index is 11.9. The molecule has 0 saturated carbocycles. The van der Waals surface area contributed by atoms with Crippen molar-refractivity contribution in [2.75, 3.05) is 5.32 Å². The van der Waals surface area contributed by atoms with Crippen molar-refractivity contribution in [3.63, 3.8) is 0 Å². The summed E-state index contributed by atoms with van der Waals surface area (Å²) in [6.45, 7) is 5.67. The smallest absolute Gasteiger partial charge is 0.229 e. The highest BCUT2D eigenvalue weighted by atomic mass is 16.2. The Morgan fingerprint density at radius 1 is 1.24 bits per heavy atom. The molecule has 0 bridgehead atoms. The Balaban J connectivity index is 0.00000162. The van der Waals surface area contributed by atoms with E-state index in [1.54, 1.807) is 6.20 Å². The largest absolute Gasteiger partial charge is 0.324 e. The number of nitrogens with zero attached hydrogens (tertiary/aromatic N) is 1. The van der Waals surface area contributed by atoms with Crippen LogP contribution in [-0.2, 0) is 4.79 Å². The van der Waals surface area contributed by atoms with Crippen molar-refractivity contribution in [3.8, 4) is 0 Å². The van der Waals surface area contributed by atoms with E-state index in [2.05, 4.69) is 10.3 Å². The number of amides is 1.